The minimum atomic E-state index is -0.279. The highest BCUT2D eigenvalue weighted by Crippen LogP contribution is 2.65. The second-order valence-electron chi connectivity index (χ2n) is 12.4. The first-order valence-corrected chi connectivity index (χ1v) is 14.3. The molecule has 40 heavy (non-hydrogen) atoms. The summed E-state index contributed by atoms with van der Waals surface area (Å²) in [7, 11) is 3.09. The number of carbonyl (C=O) groups is 2. The zero-order chi connectivity index (χ0) is 27.9. The van der Waals surface area contributed by atoms with Gasteiger partial charge in [-0.25, -0.2) is 0 Å². The molecule has 2 unspecified atom stereocenters. The first kappa shape index (κ1) is 26.4. The van der Waals surface area contributed by atoms with Crippen molar-refractivity contribution in [2.75, 3.05) is 26.1 Å². The van der Waals surface area contributed by atoms with Crippen molar-refractivity contribution in [3.63, 3.8) is 0 Å². The maximum Gasteiger partial charge on any atom is 0.255 e. The summed E-state index contributed by atoms with van der Waals surface area (Å²) in [5, 5.41) is 6.18. The number of methoxy groups -OCH3 is 2. The summed E-state index contributed by atoms with van der Waals surface area (Å²) in [6.07, 6.45) is 7.53. The van der Waals surface area contributed by atoms with Crippen molar-refractivity contribution in [2.24, 2.45) is 17.3 Å². The fraction of sp³-hybridized carbons (Fsp3) is 0.412. The van der Waals surface area contributed by atoms with Crippen molar-refractivity contribution in [2.45, 2.75) is 50.9 Å². The van der Waals surface area contributed by atoms with E-state index in [1.807, 2.05) is 0 Å². The number of hydrogen-bond acceptors (Lipinski definition) is 4. The molecule has 4 aliphatic carbocycles. The van der Waals surface area contributed by atoms with Crippen LogP contribution in [0.2, 0.25) is 0 Å². The molecule has 4 fully saturated rings. The summed E-state index contributed by atoms with van der Waals surface area (Å²) in [5.74, 6) is 2.26. The molecule has 7 rings (SSSR count). The Labute approximate surface area is 236 Å². The van der Waals surface area contributed by atoms with Gasteiger partial charge in [-0.05, 0) is 110 Å². The van der Waals surface area contributed by atoms with Crippen LogP contribution >= 0.6 is 0 Å². The predicted octanol–water partition coefficient (Wildman–Crippen LogP) is 6.53. The van der Waals surface area contributed by atoms with Gasteiger partial charge in [0.1, 0.15) is 11.5 Å². The van der Waals surface area contributed by atoms with Crippen molar-refractivity contribution < 1.29 is 19.1 Å². The molecule has 6 heteroatoms. The second kappa shape index (κ2) is 10.3. The number of benzene rings is 3. The Morgan fingerprint density at radius 1 is 0.800 bits per heavy atom. The van der Waals surface area contributed by atoms with Crippen molar-refractivity contribution in [1.82, 2.24) is 5.32 Å². The van der Waals surface area contributed by atoms with Crippen LogP contribution in [0.15, 0.2) is 66.7 Å². The number of nitrogens with one attached hydrogen (secondary N) is 2. The van der Waals surface area contributed by atoms with Crippen LogP contribution in [0.3, 0.4) is 0 Å². The molecule has 6 nitrogen and oxygen atoms in total. The molecule has 0 aromatic heterocycles. The minimum absolute atomic E-state index is 0.0597. The normalized spacial score (nSPS) is 26.3. The largest absolute Gasteiger partial charge is 0.497 e. The summed E-state index contributed by atoms with van der Waals surface area (Å²) < 4.78 is 10.5. The lowest BCUT2D eigenvalue weighted by molar-refractivity contribution is -0.0697. The topological polar surface area (TPSA) is 76.7 Å². The highest BCUT2D eigenvalue weighted by Gasteiger charge is 2.58. The third-order valence-electron chi connectivity index (χ3n) is 9.49. The van der Waals surface area contributed by atoms with E-state index in [9.17, 15) is 9.59 Å². The number of amides is 2. The molecule has 4 aliphatic rings. The molecule has 2 atom stereocenters. The lowest BCUT2D eigenvalue weighted by Gasteiger charge is -2.62. The number of ether oxygens (including phenoxy) is 2. The highest BCUT2D eigenvalue weighted by atomic mass is 16.5. The van der Waals surface area contributed by atoms with Gasteiger partial charge < -0.3 is 20.1 Å². The number of carbonyl (C=O) groups excluding carboxylic acids is 2. The van der Waals surface area contributed by atoms with Gasteiger partial charge in [-0.3, -0.25) is 9.59 Å². The first-order valence-electron chi connectivity index (χ1n) is 14.3. The molecule has 3 aromatic rings. The maximum absolute atomic E-state index is 13.2. The summed E-state index contributed by atoms with van der Waals surface area (Å²) in [5.41, 5.74) is 4.88. The number of anilines is 1. The molecule has 3 aromatic carbocycles. The Kier molecular flexibility index (Phi) is 6.81. The Morgan fingerprint density at radius 2 is 1.43 bits per heavy atom. The number of rotatable bonds is 8. The van der Waals surface area contributed by atoms with Gasteiger partial charge in [-0.1, -0.05) is 29.8 Å². The minimum Gasteiger partial charge on any atom is -0.497 e. The van der Waals surface area contributed by atoms with E-state index in [0.717, 1.165) is 24.8 Å². The van der Waals surface area contributed by atoms with Gasteiger partial charge in [0.25, 0.3) is 11.8 Å². The van der Waals surface area contributed by atoms with Gasteiger partial charge in [0.2, 0.25) is 0 Å². The zero-order valence-corrected chi connectivity index (χ0v) is 23.6. The van der Waals surface area contributed by atoms with Crippen molar-refractivity contribution in [3.8, 4) is 11.5 Å². The van der Waals surface area contributed by atoms with Crippen molar-refractivity contribution >= 4 is 17.5 Å². The molecule has 0 aliphatic heterocycles. The van der Waals surface area contributed by atoms with E-state index >= 15 is 0 Å². The van der Waals surface area contributed by atoms with E-state index < -0.39 is 0 Å². The van der Waals surface area contributed by atoms with E-state index in [4.69, 9.17) is 9.47 Å². The van der Waals surface area contributed by atoms with E-state index in [0.29, 0.717) is 28.3 Å². The molecule has 2 N–H and O–H groups in total. The Balaban J connectivity index is 1.10. The second-order valence-corrected chi connectivity index (χ2v) is 12.4. The molecule has 0 heterocycles. The number of aryl methyl sites for hydroxylation is 1. The lowest BCUT2D eigenvalue weighted by Crippen LogP contribution is -2.57. The standard InChI is InChI=1S/C34H38N2O4/c1-22-4-8-27(9-5-22)34-18-23-12-24(19-34)17-33(16-23,20-34)21-35-31(37)25-6-10-28(11-7-25)36-32(38)26-13-29(39-2)15-30(14-26)40-3/h4-11,13-15,23-24H,12,16-21H2,1-3H3,(H,35,37)(H,36,38). The molecule has 208 valence electrons. The Morgan fingerprint density at radius 3 is 2.02 bits per heavy atom. The van der Waals surface area contributed by atoms with Gasteiger partial charge >= 0.3 is 0 Å². The average Bonchev–Trinajstić information content (AvgIpc) is 2.95. The predicted molar refractivity (Wildman–Crippen MR) is 156 cm³/mol. The van der Waals surface area contributed by atoms with Crippen LogP contribution in [0.5, 0.6) is 11.5 Å². The molecule has 0 spiro atoms. The smallest absolute Gasteiger partial charge is 0.255 e. The van der Waals surface area contributed by atoms with E-state index in [1.54, 1.807) is 56.7 Å². The van der Waals surface area contributed by atoms with Crippen LogP contribution in [0.1, 0.15) is 70.4 Å². The Hall–Kier alpha value is -3.80. The molecular weight excluding hydrogens is 500 g/mol. The summed E-state index contributed by atoms with van der Waals surface area (Å²) in [4.78, 5) is 26.0. The van der Waals surface area contributed by atoms with Crippen LogP contribution in [0.4, 0.5) is 5.69 Å². The van der Waals surface area contributed by atoms with Gasteiger partial charge in [-0.2, -0.15) is 0 Å². The van der Waals surface area contributed by atoms with Gasteiger partial charge in [0.05, 0.1) is 14.2 Å². The maximum atomic E-state index is 13.2. The summed E-state index contributed by atoms with van der Waals surface area (Å²) in [6, 6.07) is 21.3. The van der Waals surface area contributed by atoms with Crippen molar-refractivity contribution in [1.29, 1.82) is 0 Å². The van der Waals surface area contributed by atoms with Crippen molar-refractivity contribution in [3.05, 3.63) is 89.0 Å². The molecule has 0 saturated heterocycles. The van der Waals surface area contributed by atoms with E-state index in [2.05, 4.69) is 41.8 Å². The lowest BCUT2D eigenvalue weighted by atomic mass is 9.43. The quantitative estimate of drug-likeness (QED) is 0.342. The third-order valence-corrected chi connectivity index (χ3v) is 9.49. The monoisotopic (exact) mass is 538 g/mol. The van der Waals surface area contributed by atoms with Crippen LogP contribution < -0.4 is 20.1 Å². The number of hydrogen-bond donors (Lipinski definition) is 2. The molecule has 0 radical (unpaired) electrons. The highest BCUT2D eigenvalue weighted by molar-refractivity contribution is 6.05. The third kappa shape index (κ3) is 5.07. The molecule has 4 saturated carbocycles. The van der Waals surface area contributed by atoms with Crippen LogP contribution in [-0.2, 0) is 5.41 Å². The van der Waals surface area contributed by atoms with Crippen LogP contribution in [0, 0.1) is 24.2 Å². The molecular formula is C34H38N2O4. The van der Waals surface area contributed by atoms with Gasteiger partial charge in [-0.15, -0.1) is 0 Å². The zero-order valence-electron chi connectivity index (χ0n) is 23.6. The summed E-state index contributed by atoms with van der Waals surface area (Å²) in [6.45, 7) is 2.88. The van der Waals surface area contributed by atoms with Crippen LogP contribution in [0.25, 0.3) is 0 Å². The SMILES string of the molecule is COc1cc(OC)cc(C(=O)Nc2ccc(C(=O)NCC34CC5CC(C3)CC(c3ccc(C)cc3)(C5)C4)cc2)c1. The molecule has 4 bridgehead atoms. The fourth-order valence-corrected chi connectivity index (χ4v) is 8.12. The fourth-order valence-electron chi connectivity index (χ4n) is 8.12. The van der Waals surface area contributed by atoms with Gasteiger partial charge in [0.15, 0.2) is 0 Å². The molecule has 2 amide bonds. The summed E-state index contributed by atoms with van der Waals surface area (Å²) >= 11 is 0. The van der Waals surface area contributed by atoms with Gasteiger partial charge in [0, 0.05) is 29.4 Å². The Bertz CT molecular complexity index is 1380. The first-order chi connectivity index (χ1) is 19.3. The average molecular weight is 539 g/mol. The van der Waals surface area contributed by atoms with E-state index in [-0.39, 0.29) is 22.6 Å². The van der Waals surface area contributed by atoms with E-state index in [1.165, 1.54) is 43.2 Å². The van der Waals surface area contributed by atoms with Crippen LogP contribution in [-0.4, -0.2) is 32.6 Å².